The van der Waals surface area contributed by atoms with Crippen LogP contribution in [0.4, 0.5) is 0 Å². The van der Waals surface area contributed by atoms with Gasteiger partial charge in [0.1, 0.15) is 18.5 Å². The highest BCUT2D eigenvalue weighted by Crippen LogP contribution is 2.38. The molecule has 0 aromatic carbocycles. The normalized spacial score (nSPS) is 23.2. The fourth-order valence-electron chi connectivity index (χ4n) is 4.50. The smallest absolute Gasteiger partial charge is 0.306 e. The van der Waals surface area contributed by atoms with E-state index < -0.39 is 29.4 Å². The molecule has 0 spiro atoms. The number of unbranched alkanes of at least 4 members (excludes halogenated alkanes) is 5. The highest BCUT2D eigenvalue weighted by molar-refractivity contribution is 5.78. The van der Waals surface area contributed by atoms with Gasteiger partial charge in [-0.15, -0.1) is 10.1 Å². The Morgan fingerprint density at radius 2 is 1.74 bits per heavy atom. The summed E-state index contributed by atoms with van der Waals surface area (Å²) in [6, 6.07) is 0. The summed E-state index contributed by atoms with van der Waals surface area (Å²) in [6.45, 7) is 3.40. The Hall–Kier alpha value is -2.00. The number of esters is 1. The minimum atomic E-state index is -0.923. The van der Waals surface area contributed by atoms with E-state index in [4.69, 9.17) is 4.74 Å². The lowest BCUT2D eigenvalue weighted by Crippen LogP contribution is -2.22. The average Bonchev–Trinajstić information content (AvgIpc) is 3.05. The third kappa shape index (κ3) is 13.0. The first-order chi connectivity index (χ1) is 16.2. The van der Waals surface area contributed by atoms with Gasteiger partial charge in [0.2, 0.25) is 0 Å². The first-order valence-corrected chi connectivity index (χ1v) is 12.7. The number of rotatable bonds is 19. The molecule has 34 heavy (non-hydrogen) atoms. The molecule has 9 heteroatoms. The van der Waals surface area contributed by atoms with Crippen molar-refractivity contribution in [2.45, 2.75) is 116 Å². The zero-order valence-electron chi connectivity index (χ0n) is 20.7. The first-order valence-electron chi connectivity index (χ1n) is 12.7. The van der Waals surface area contributed by atoms with Crippen LogP contribution in [0.5, 0.6) is 0 Å². The summed E-state index contributed by atoms with van der Waals surface area (Å²) >= 11 is 0. The Morgan fingerprint density at radius 3 is 2.44 bits per heavy atom. The molecule has 0 radical (unpaired) electrons. The quantitative estimate of drug-likeness (QED) is 0.0908. The number of ketones is 1. The monoisotopic (exact) mass is 485 g/mol. The molecule has 0 aromatic rings. The Kier molecular flexibility index (Phi) is 15.4. The van der Waals surface area contributed by atoms with E-state index in [1.807, 2.05) is 12.2 Å². The SMILES string of the molecule is CCCCCCCC(=O)CC[C@@H]1[C@@H](C/C=C\CCCC(=O)OC(C)CO[N+](=O)[O-])[C@@H](O)C[C@H]1O. The van der Waals surface area contributed by atoms with Crippen molar-refractivity contribution >= 4 is 11.8 Å². The van der Waals surface area contributed by atoms with Crippen LogP contribution < -0.4 is 0 Å². The van der Waals surface area contributed by atoms with Gasteiger partial charge in [-0.2, -0.15) is 0 Å². The van der Waals surface area contributed by atoms with Gasteiger partial charge in [-0.1, -0.05) is 44.8 Å². The summed E-state index contributed by atoms with van der Waals surface area (Å²) in [5, 5.41) is 29.9. The third-order valence-electron chi connectivity index (χ3n) is 6.41. The number of hydrogen-bond donors (Lipinski definition) is 2. The highest BCUT2D eigenvalue weighted by Gasteiger charge is 2.40. The lowest BCUT2D eigenvalue weighted by atomic mass is 9.86. The molecule has 0 amide bonds. The molecule has 196 valence electrons. The van der Waals surface area contributed by atoms with Crippen molar-refractivity contribution in [1.82, 2.24) is 0 Å². The number of aliphatic hydroxyl groups excluding tert-OH is 2. The molecule has 1 aliphatic rings. The van der Waals surface area contributed by atoms with Crippen LogP contribution in [0.25, 0.3) is 0 Å². The van der Waals surface area contributed by atoms with Crippen LogP contribution in [0, 0.1) is 22.0 Å². The van der Waals surface area contributed by atoms with Crippen molar-refractivity contribution in [3.63, 3.8) is 0 Å². The van der Waals surface area contributed by atoms with Crippen molar-refractivity contribution < 1.29 is 34.5 Å². The van der Waals surface area contributed by atoms with Gasteiger partial charge in [-0.05, 0) is 57.3 Å². The number of hydrogen-bond acceptors (Lipinski definition) is 8. The van der Waals surface area contributed by atoms with Crippen LogP contribution in [0.3, 0.4) is 0 Å². The molecular weight excluding hydrogens is 442 g/mol. The van der Waals surface area contributed by atoms with Gasteiger partial charge in [-0.25, -0.2) is 0 Å². The number of carbonyl (C=O) groups excluding carboxylic acids is 2. The lowest BCUT2D eigenvalue weighted by molar-refractivity contribution is -0.759. The van der Waals surface area contributed by atoms with Crippen molar-refractivity contribution in [3.05, 3.63) is 22.3 Å². The van der Waals surface area contributed by atoms with E-state index in [0.29, 0.717) is 44.9 Å². The first kappa shape index (κ1) is 30.0. The summed E-state index contributed by atoms with van der Waals surface area (Å²) in [6.07, 6.45) is 11.7. The maximum absolute atomic E-state index is 12.2. The predicted molar refractivity (Wildman–Crippen MR) is 127 cm³/mol. The van der Waals surface area contributed by atoms with Gasteiger partial charge < -0.3 is 19.8 Å². The lowest BCUT2D eigenvalue weighted by Gasteiger charge is -2.22. The van der Waals surface area contributed by atoms with E-state index in [1.54, 1.807) is 0 Å². The minimum absolute atomic E-state index is 0.0731. The van der Waals surface area contributed by atoms with E-state index in [1.165, 1.54) is 26.2 Å². The largest absolute Gasteiger partial charge is 0.461 e. The molecule has 9 nitrogen and oxygen atoms in total. The van der Waals surface area contributed by atoms with Crippen LogP contribution in [0.1, 0.15) is 97.3 Å². The number of aliphatic hydroxyl groups is 2. The molecule has 0 aromatic heterocycles. The molecule has 1 unspecified atom stereocenters. The Morgan fingerprint density at radius 1 is 1.03 bits per heavy atom. The summed E-state index contributed by atoms with van der Waals surface area (Å²) in [4.78, 5) is 38.3. The van der Waals surface area contributed by atoms with Gasteiger partial charge >= 0.3 is 5.97 Å². The van der Waals surface area contributed by atoms with Gasteiger partial charge in [0, 0.05) is 19.3 Å². The van der Waals surface area contributed by atoms with Gasteiger partial charge in [0.05, 0.1) is 12.2 Å². The van der Waals surface area contributed by atoms with E-state index >= 15 is 0 Å². The van der Waals surface area contributed by atoms with Gasteiger partial charge in [-0.3, -0.25) is 9.59 Å². The second kappa shape index (κ2) is 17.4. The molecule has 5 atom stereocenters. The zero-order valence-corrected chi connectivity index (χ0v) is 20.7. The van der Waals surface area contributed by atoms with Gasteiger partial charge in [0.25, 0.3) is 5.09 Å². The fourth-order valence-corrected chi connectivity index (χ4v) is 4.50. The third-order valence-corrected chi connectivity index (χ3v) is 6.41. The molecule has 2 N–H and O–H groups in total. The van der Waals surface area contributed by atoms with E-state index in [2.05, 4.69) is 11.8 Å². The molecule has 0 aliphatic heterocycles. The predicted octanol–water partition coefficient (Wildman–Crippen LogP) is 4.31. The summed E-state index contributed by atoms with van der Waals surface area (Å²) < 4.78 is 5.04. The molecule has 1 rings (SSSR count). The second-order valence-corrected chi connectivity index (χ2v) is 9.36. The van der Waals surface area contributed by atoms with E-state index in [9.17, 15) is 29.9 Å². The number of Topliss-reactive ketones (excluding diaryl/α,β-unsaturated/α-hetero) is 1. The van der Waals surface area contributed by atoms with Crippen molar-refractivity contribution in [3.8, 4) is 0 Å². The second-order valence-electron chi connectivity index (χ2n) is 9.36. The van der Waals surface area contributed by atoms with Crippen molar-refractivity contribution in [2.24, 2.45) is 11.8 Å². The van der Waals surface area contributed by atoms with Crippen LogP contribution in [0.15, 0.2) is 12.2 Å². The number of allylic oxidation sites excluding steroid dienone is 2. The molecule has 1 fully saturated rings. The van der Waals surface area contributed by atoms with Crippen LogP contribution in [0.2, 0.25) is 0 Å². The summed E-state index contributed by atoms with van der Waals surface area (Å²) in [7, 11) is 0. The average molecular weight is 486 g/mol. The maximum Gasteiger partial charge on any atom is 0.306 e. The topological polar surface area (TPSA) is 136 Å². The summed E-state index contributed by atoms with van der Waals surface area (Å²) in [5.41, 5.74) is 0. The van der Waals surface area contributed by atoms with E-state index in [0.717, 1.165) is 12.8 Å². The summed E-state index contributed by atoms with van der Waals surface area (Å²) in [5.74, 6) is -0.347. The molecule has 0 heterocycles. The van der Waals surface area contributed by atoms with E-state index in [-0.39, 0.29) is 30.6 Å². The maximum atomic E-state index is 12.2. The standard InChI is InChI=1S/C25H43NO8/c1-3-4-5-6-9-12-20(27)15-16-22-21(23(28)17-24(22)29)13-10-7-8-11-14-25(30)34-19(2)18-33-26(31)32/h7,10,19,21-24,28-29H,3-6,8-9,11-18H2,1-2H3/b10-7-/t19?,21-,22-,23+,24-/m1/s1. The van der Waals surface area contributed by atoms with Crippen molar-refractivity contribution in [2.75, 3.05) is 6.61 Å². The highest BCUT2D eigenvalue weighted by atomic mass is 17.0. The van der Waals surface area contributed by atoms with Crippen molar-refractivity contribution in [1.29, 1.82) is 0 Å². The fraction of sp³-hybridized carbons (Fsp3) is 0.840. The van der Waals surface area contributed by atoms with Crippen LogP contribution >= 0.6 is 0 Å². The number of ether oxygens (including phenoxy) is 1. The number of carbonyl (C=O) groups is 2. The molecule has 0 bridgehead atoms. The minimum Gasteiger partial charge on any atom is -0.461 e. The molecule has 1 aliphatic carbocycles. The van der Waals surface area contributed by atoms with Crippen LogP contribution in [-0.2, 0) is 19.2 Å². The number of nitrogens with zero attached hydrogens (tertiary/aromatic N) is 1. The Balaban J connectivity index is 2.28. The Labute approximate surface area is 203 Å². The van der Waals surface area contributed by atoms with Gasteiger partial charge in [0.15, 0.2) is 0 Å². The molecular formula is C25H43NO8. The molecule has 0 saturated heterocycles. The zero-order chi connectivity index (χ0) is 25.3. The Bertz CT molecular complexity index is 638. The van der Waals surface area contributed by atoms with Crippen LogP contribution in [-0.4, -0.2) is 52.0 Å². The molecule has 1 saturated carbocycles.